The monoisotopic (exact) mass is 241 g/mol. The Labute approximate surface area is 108 Å². The minimum atomic E-state index is 0.786. The van der Waals surface area contributed by atoms with Crippen LogP contribution in [0.2, 0.25) is 0 Å². The van der Waals surface area contributed by atoms with Crippen LogP contribution in [0, 0.1) is 27.7 Å². The van der Waals surface area contributed by atoms with Crippen LogP contribution in [0.4, 0.5) is 5.82 Å². The van der Waals surface area contributed by atoms with E-state index in [2.05, 4.69) is 47.3 Å². The number of rotatable bonds is 2. The molecule has 0 bridgehead atoms. The zero-order chi connectivity index (χ0) is 13.3. The zero-order valence-electron chi connectivity index (χ0n) is 11.6. The van der Waals surface area contributed by atoms with Gasteiger partial charge in [-0.3, -0.25) is 0 Å². The number of nitrogens with one attached hydrogen (secondary N) is 1. The molecule has 1 heterocycles. The summed E-state index contributed by atoms with van der Waals surface area (Å²) >= 11 is 0. The van der Waals surface area contributed by atoms with Crippen LogP contribution in [0.3, 0.4) is 0 Å². The molecule has 1 N–H and O–H groups in total. The van der Waals surface area contributed by atoms with E-state index in [9.17, 15) is 0 Å². The number of aromatic nitrogens is 2. The van der Waals surface area contributed by atoms with Crippen LogP contribution in [-0.2, 0) is 0 Å². The third-order valence-electron chi connectivity index (χ3n) is 3.11. The fourth-order valence-electron chi connectivity index (χ4n) is 2.11. The zero-order valence-corrected chi connectivity index (χ0v) is 11.6. The molecule has 2 aromatic rings. The number of anilines is 1. The maximum Gasteiger partial charge on any atom is 0.161 e. The van der Waals surface area contributed by atoms with Crippen molar-refractivity contribution in [1.29, 1.82) is 0 Å². The molecule has 0 aliphatic rings. The topological polar surface area (TPSA) is 37.8 Å². The molecule has 0 aliphatic carbocycles. The summed E-state index contributed by atoms with van der Waals surface area (Å²) in [6, 6.07) is 6.40. The average molecular weight is 241 g/mol. The van der Waals surface area contributed by atoms with Gasteiger partial charge < -0.3 is 5.32 Å². The van der Waals surface area contributed by atoms with Gasteiger partial charge in [-0.25, -0.2) is 9.97 Å². The lowest BCUT2D eigenvalue weighted by Crippen LogP contribution is -2.02. The molecule has 3 heteroatoms. The van der Waals surface area contributed by atoms with Crippen molar-refractivity contribution in [2.75, 3.05) is 12.4 Å². The van der Waals surface area contributed by atoms with Crippen molar-refractivity contribution in [1.82, 2.24) is 9.97 Å². The van der Waals surface area contributed by atoms with Crippen molar-refractivity contribution in [3.05, 3.63) is 40.6 Å². The van der Waals surface area contributed by atoms with E-state index in [-0.39, 0.29) is 0 Å². The number of nitrogens with zero attached hydrogens (tertiary/aromatic N) is 2. The van der Waals surface area contributed by atoms with Gasteiger partial charge in [-0.15, -0.1) is 0 Å². The van der Waals surface area contributed by atoms with Gasteiger partial charge in [0.15, 0.2) is 5.82 Å². The number of aryl methyl sites for hydroxylation is 3. The van der Waals surface area contributed by atoms with E-state index in [1.165, 1.54) is 11.1 Å². The Morgan fingerprint density at radius 1 is 0.889 bits per heavy atom. The summed E-state index contributed by atoms with van der Waals surface area (Å²) in [5, 5.41) is 3.12. The summed E-state index contributed by atoms with van der Waals surface area (Å²) in [7, 11) is 1.89. The number of hydrogen-bond acceptors (Lipinski definition) is 3. The fourth-order valence-corrected chi connectivity index (χ4v) is 2.11. The fraction of sp³-hybridized carbons (Fsp3) is 0.333. The Morgan fingerprint density at radius 2 is 1.50 bits per heavy atom. The van der Waals surface area contributed by atoms with Crippen LogP contribution in [-0.4, -0.2) is 17.0 Å². The van der Waals surface area contributed by atoms with Crippen LogP contribution >= 0.6 is 0 Å². The van der Waals surface area contributed by atoms with Gasteiger partial charge in [0.25, 0.3) is 0 Å². The van der Waals surface area contributed by atoms with E-state index in [0.29, 0.717) is 0 Å². The van der Waals surface area contributed by atoms with E-state index in [4.69, 9.17) is 0 Å². The molecule has 0 unspecified atom stereocenters. The molecule has 0 radical (unpaired) electrons. The summed E-state index contributed by atoms with van der Waals surface area (Å²) in [5.74, 6) is 1.69. The maximum atomic E-state index is 4.58. The molecule has 0 fully saturated rings. The molecule has 0 saturated heterocycles. The molecule has 0 spiro atoms. The van der Waals surface area contributed by atoms with Crippen molar-refractivity contribution in [3.8, 4) is 11.4 Å². The maximum absolute atomic E-state index is 4.58. The van der Waals surface area contributed by atoms with Gasteiger partial charge in [0.1, 0.15) is 5.82 Å². The highest BCUT2D eigenvalue weighted by atomic mass is 15.0. The second-order valence-electron chi connectivity index (χ2n) is 4.73. The summed E-state index contributed by atoms with van der Waals surface area (Å²) in [6.45, 7) is 8.24. The van der Waals surface area contributed by atoms with E-state index in [0.717, 1.165) is 28.5 Å². The Morgan fingerprint density at radius 3 is 2.06 bits per heavy atom. The normalized spacial score (nSPS) is 10.5. The molecule has 3 nitrogen and oxygen atoms in total. The Bertz CT molecular complexity index is 568. The molecular formula is C15H19N3. The summed E-state index contributed by atoms with van der Waals surface area (Å²) in [4.78, 5) is 9.16. The summed E-state index contributed by atoms with van der Waals surface area (Å²) in [6.07, 6.45) is 0. The highest BCUT2D eigenvalue weighted by Gasteiger charge is 2.09. The molecule has 2 rings (SSSR count). The van der Waals surface area contributed by atoms with Crippen LogP contribution in [0.25, 0.3) is 11.4 Å². The third kappa shape index (κ3) is 2.35. The quantitative estimate of drug-likeness (QED) is 0.875. The molecule has 0 amide bonds. The Balaban J connectivity index is 2.60. The number of hydrogen-bond donors (Lipinski definition) is 1. The molecule has 1 aromatic carbocycles. The van der Waals surface area contributed by atoms with Gasteiger partial charge in [0, 0.05) is 23.9 Å². The standard InChI is InChI=1S/C15H19N3/c1-9-6-10(2)8-13(7-9)15-17-12(4)11(3)14(16-5)18-15/h6-8H,1-5H3,(H,16,17,18). The van der Waals surface area contributed by atoms with Gasteiger partial charge in [-0.2, -0.15) is 0 Å². The van der Waals surface area contributed by atoms with Gasteiger partial charge in [0.2, 0.25) is 0 Å². The first-order valence-corrected chi connectivity index (χ1v) is 6.13. The third-order valence-corrected chi connectivity index (χ3v) is 3.11. The SMILES string of the molecule is CNc1nc(-c2cc(C)cc(C)c2)nc(C)c1C. The van der Waals surface area contributed by atoms with Crippen molar-refractivity contribution in [2.45, 2.75) is 27.7 Å². The van der Waals surface area contributed by atoms with Crippen molar-refractivity contribution < 1.29 is 0 Å². The predicted molar refractivity (Wildman–Crippen MR) is 76.0 cm³/mol. The highest BCUT2D eigenvalue weighted by molar-refractivity contribution is 5.61. The Hall–Kier alpha value is -1.90. The van der Waals surface area contributed by atoms with Crippen molar-refractivity contribution >= 4 is 5.82 Å². The Kier molecular flexibility index (Phi) is 3.32. The van der Waals surface area contributed by atoms with Gasteiger partial charge >= 0.3 is 0 Å². The van der Waals surface area contributed by atoms with E-state index in [1.807, 2.05) is 20.9 Å². The van der Waals surface area contributed by atoms with E-state index >= 15 is 0 Å². The second kappa shape index (κ2) is 4.77. The molecule has 94 valence electrons. The number of benzene rings is 1. The minimum absolute atomic E-state index is 0.786. The lowest BCUT2D eigenvalue weighted by atomic mass is 10.1. The van der Waals surface area contributed by atoms with Crippen molar-refractivity contribution in [2.24, 2.45) is 0 Å². The predicted octanol–water partition coefficient (Wildman–Crippen LogP) is 3.42. The lowest BCUT2D eigenvalue weighted by Gasteiger charge is -2.10. The van der Waals surface area contributed by atoms with Crippen molar-refractivity contribution in [3.63, 3.8) is 0 Å². The van der Waals surface area contributed by atoms with Crippen LogP contribution in [0.15, 0.2) is 18.2 Å². The first kappa shape index (κ1) is 12.6. The molecular weight excluding hydrogens is 222 g/mol. The van der Waals surface area contributed by atoms with E-state index in [1.54, 1.807) is 0 Å². The molecule has 0 atom stereocenters. The highest BCUT2D eigenvalue weighted by Crippen LogP contribution is 2.23. The molecule has 18 heavy (non-hydrogen) atoms. The first-order chi connectivity index (χ1) is 8.51. The van der Waals surface area contributed by atoms with Gasteiger partial charge in [-0.1, -0.05) is 17.2 Å². The summed E-state index contributed by atoms with van der Waals surface area (Å²) in [5.41, 5.74) is 5.66. The van der Waals surface area contributed by atoms with Crippen LogP contribution in [0.5, 0.6) is 0 Å². The molecule has 0 saturated carbocycles. The molecule has 0 aliphatic heterocycles. The minimum Gasteiger partial charge on any atom is -0.373 e. The van der Waals surface area contributed by atoms with Crippen LogP contribution < -0.4 is 5.32 Å². The second-order valence-corrected chi connectivity index (χ2v) is 4.73. The lowest BCUT2D eigenvalue weighted by molar-refractivity contribution is 1.07. The first-order valence-electron chi connectivity index (χ1n) is 6.13. The molecule has 1 aromatic heterocycles. The van der Waals surface area contributed by atoms with Crippen LogP contribution in [0.1, 0.15) is 22.4 Å². The summed E-state index contributed by atoms with van der Waals surface area (Å²) < 4.78 is 0. The van der Waals surface area contributed by atoms with Gasteiger partial charge in [-0.05, 0) is 39.8 Å². The largest absolute Gasteiger partial charge is 0.373 e. The smallest absolute Gasteiger partial charge is 0.161 e. The van der Waals surface area contributed by atoms with Gasteiger partial charge in [0.05, 0.1) is 0 Å². The van der Waals surface area contributed by atoms with E-state index < -0.39 is 0 Å². The average Bonchev–Trinajstić information content (AvgIpc) is 2.31.